The molecule has 6 nitrogen and oxygen atoms in total. The van der Waals surface area contributed by atoms with Gasteiger partial charge in [-0.25, -0.2) is 0 Å². The molecule has 3 aliphatic rings. The fourth-order valence-corrected chi connectivity index (χ4v) is 5.77. The number of carbonyl (C=O) groups excluding carboxylic acids is 1. The minimum Gasteiger partial charge on any atom is -0.337 e. The lowest BCUT2D eigenvalue weighted by Gasteiger charge is -2.35. The Labute approximate surface area is 192 Å². The van der Waals surface area contributed by atoms with E-state index in [2.05, 4.69) is 52.2 Å². The van der Waals surface area contributed by atoms with E-state index >= 15 is 0 Å². The summed E-state index contributed by atoms with van der Waals surface area (Å²) >= 11 is 0. The number of nitrogens with one attached hydrogen (secondary N) is 1. The van der Waals surface area contributed by atoms with Crippen molar-refractivity contribution in [3.05, 3.63) is 52.8 Å². The fourth-order valence-electron chi connectivity index (χ4n) is 5.77. The number of aryl methyl sites for hydroxylation is 1. The van der Waals surface area contributed by atoms with Gasteiger partial charge in [-0.2, -0.15) is 5.10 Å². The quantitative estimate of drug-likeness (QED) is 0.757. The van der Waals surface area contributed by atoms with Gasteiger partial charge in [0, 0.05) is 49.5 Å². The monoisotopic (exact) mass is 435 g/mol. The smallest absolute Gasteiger partial charge is 0.274 e. The van der Waals surface area contributed by atoms with Gasteiger partial charge in [0.25, 0.3) is 5.91 Å². The number of aromatic nitrogens is 2. The van der Waals surface area contributed by atoms with E-state index in [-0.39, 0.29) is 5.91 Å². The van der Waals surface area contributed by atoms with E-state index in [1.165, 1.54) is 29.7 Å². The number of likely N-dealkylation sites (tertiary alicyclic amines) is 2. The highest BCUT2D eigenvalue weighted by Gasteiger charge is 2.32. The Balaban J connectivity index is 1.19. The topological polar surface area (TPSA) is 53.4 Å². The van der Waals surface area contributed by atoms with Gasteiger partial charge in [-0.15, -0.1) is 0 Å². The summed E-state index contributed by atoms with van der Waals surface area (Å²) in [5.74, 6) is 0.154. The summed E-state index contributed by atoms with van der Waals surface area (Å²) in [5.41, 5.74) is 4.65. The van der Waals surface area contributed by atoms with Gasteiger partial charge in [-0.05, 0) is 70.5 Å². The van der Waals surface area contributed by atoms with Gasteiger partial charge >= 0.3 is 0 Å². The van der Waals surface area contributed by atoms with Crippen LogP contribution in [0.25, 0.3) is 0 Å². The zero-order valence-electron chi connectivity index (χ0n) is 19.4. The maximum Gasteiger partial charge on any atom is 0.274 e. The summed E-state index contributed by atoms with van der Waals surface area (Å²) in [6.07, 6.45) is 7.74. The van der Waals surface area contributed by atoms with E-state index in [1.54, 1.807) is 0 Å². The van der Waals surface area contributed by atoms with Crippen molar-refractivity contribution in [1.82, 2.24) is 24.9 Å². The first-order valence-corrected chi connectivity index (χ1v) is 12.6. The zero-order chi connectivity index (χ0) is 21.9. The number of rotatable bonds is 6. The van der Waals surface area contributed by atoms with Gasteiger partial charge in [0.1, 0.15) is 0 Å². The van der Waals surface area contributed by atoms with Crippen LogP contribution in [0.1, 0.15) is 66.3 Å². The second-order valence-corrected chi connectivity index (χ2v) is 9.73. The maximum absolute atomic E-state index is 13.2. The third-order valence-corrected chi connectivity index (χ3v) is 7.55. The number of amides is 1. The number of hydrogen-bond acceptors (Lipinski definition) is 4. The van der Waals surface area contributed by atoms with Crippen molar-refractivity contribution in [2.75, 3.05) is 26.2 Å². The minimum absolute atomic E-state index is 0.154. The van der Waals surface area contributed by atoms with Crippen LogP contribution < -0.4 is 5.32 Å². The van der Waals surface area contributed by atoms with Crippen LogP contribution in [0.5, 0.6) is 0 Å². The molecule has 3 heterocycles. The van der Waals surface area contributed by atoms with Gasteiger partial charge in [0.05, 0.1) is 0 Å². The van der Waals surface area contributed by atoms with Crippen molar-refractivity contribution < 1.29 is 4.79 Å². The minimum atomic E-state index is 0.154. The molecular weight excluding hydrogens is 398 g/mol. The van der Waals surface area contributed by atoms with Crippen LogP contribution in [-0.2, 0) is 25.9 Å². The average Bonchev–Trinajstić information content (AvgIpc) is 3.49. The molecule has 2 aromatic rings. The molecule has 5 rings (SSSR count). The number of piperidine rings is 1. The van der Waals surface area contributed by atoms with Crippen molar-refractivity contribution in [2.24, 2.45) is 0 Å². The molecule has 1 N–H and O–H groups in total. The van der Waals surface area contributed by atoms with Crippen molar-refractivity contribution >= 4 is 5.91 Å². The van der Waals surface area contributed by atoms with Crippen molar-refractivity contribution in [3.8, 4) is 0 Å². The molecule has 1 aliphatic carbocycles. The van der Waals surface area contributed by atoms with Crippen LogP contribution in [0.3, 0.4) is 0 Å². The van der Waals surface area contributed by atoms with Crippen LogP contribution in [0.2, 0.25) is 0 Å². The third kappa shape index (κ3) is 4.62. The molecule has 1 atom stereocenters. The van der Waals surface area contributed by atoms with E-state index < -0.39 is 0 Å². The summed E-state index contributed by atoms with van der Waals surface area (Å²) in [7, 11) is 0. The standard InChI is InChI=1S/C26H37N5O/c1-2-31-24-11-10-22(18-23(24)25(28-31)26(32)30-14-6-7-15-30)27-21-12-16-29(17-13-21)19-20-8-4-3-5-9-20/h3-5,8-9,21-22,27H,2,6-7,10-19H2,1H3/t22-/m0/s1. The highest BCUT2D eigenvalue weighted by molar-refractivity contribution is 5.94. The molecule has 172 valence electrons. The maximum atomic E-state index is 13.2. The average molecular weight is 436 g/mol. The van der Waals surface area contributed by atoms with E-state index in [4.69, 9.17) is 5.10 Å². The predicted octanol–water partition coefficient (Wildman–Crippen LogP) is 3.25. The van der Waals surface area contributed by atoms with Gasteiger partial charge < -0.3 is 10.2 Å². The van der Waals surface area contributed by atoms with E-state index in [0.29, 0.717) is 12.1 Å². The molecule has 2 aliphatic heterocycles. The number of hydrogen-bond donors (Lipinski definition) is 1. The molecule has 6 heteroatoms. The Kier molecular flexibility index (Phi) is 6.60. The third-order valence-electron chi connectivity index (χ3n) is 7.55. The lowest BCUT2D eigenvalue weighted by atomic mass is 9.89. The Morgan fingerprint density at radius 2 is 1.78 bits per heavy atom. The van der Waals surface area contributed by atoms with E-state index in [9.17, 15) is 4.79 Å². The molecular formula is C26H37N5O. The van der Waals surface area contributed by atoms with Crippen LogP contribution in [0.4, 0.5) is 0 Å². The van der Waals surface area contributed by atoms with Crippen molar-refractivity contribution in [1.29, 1.82) is 0 Å². The zero-order valence-corrected chi connectivity index (χ0v) is 19.4. The molecule has 0 radical (unpaired) electrons. The number of carbonyl (C=O) groups is 1. The van der Waals surface area contributed by atoms with Gasteiger partial charge in [-0.3, -0.25) is 14.4 Å². The molecule has 0 spiro atoms. The second kappa shape index (κ2) is 9.75. The Morgan fingerprint density at radius 1 is 1.03 bits per heavy atom. The number of fused-ring (bicyclic) bond motifs is 1. The lowest BCUT2D eigenvalue weighted by Crippen LogP contribution is -2.47. The SMILES string of the molecule is CCn1nc(C(=O)N2CCCC2)c2c1CC[C@H](NC1CCN(Cc3ccccc3)CC1)C2. The normalized spacial score (nSPS) is 22.3. The van der Waals surface area contributed by atoms with Gasteiger partial charge in [0.2, 0.25) is 0 Å². The molecule has 2 saturated heterocycles. The molecule has 1 amide bonds. The van der Waals surface area contributed by atoms with E-state index in [1.807, 2.05) is 4.90 Å². The summed E-state index contributed by atoms with van der Waals surface area (Å²) in [5, 5.41) is 8.73. The fraction of sp³-hybridized carbons (Fsp3) is 0.615. The Bertz CT molecular complexity index is 910. The molecule has 0 unspecified atom stereocenters. The summed E-state index contributed by atoms with van der Waals surface area (Å²) in [4.78, 5) is 17.7. The molecule has 2 fully saturated rings. The van der Waals surface area contributed by atoms with Crippen LogP contribution in [0.15, 0.2) is 30.3 Å². The van der Waals surface area contributed by atoms with Gasteiger partial charge in [-0.1, -0.05) is 30.3 Å². The lowest BCUT2D eigenvalue weighted by molar-refractivity contribution is 0.0784. The van der Waals surface area contributed by atoms with Crippen LogP contribution >= 0.6 is 0 Å². The van der Waals surface area contributed by atoms with Crippen LogP contribution in [0, 0.1) is 0 Å². The van der Waals surface area contributed by atoms with Crippen LogP contribution in [-0.4, -0.2) is 63.8 Å². The molecule has 32 heavy (non-hydrogen) atoms. The Morgan fingerprint density at radius 3 is 2.50 bits per heavy atom. The Hall–Kier alpha value is -2.18. The summed E-state index contributed by atoms with van der Waals surface area (Å²) < 4.78 is 2.08. The molecule has 0 saturated carbocycles. The van der Waals surface area contributed by atoms with Gasteiger partial charge in [0.15, 0.2) is 5.69 Å². The van der Waals surface area contributed by atoms with E-state index in [0.717, 1.165) is 77.1 Å². The van der Waals surface area contributed by atoms with Crippen molar-refractivity contribution in [3.63, 3.8) is 0 Å². The number of benzene rings is 1. The highest BCUT2D eigenvalue weighted by Crippen LogP contribution is 2.28. The molecule has 0 bridgehead atoms. The summed E-state index contributed by atoms with van der Waals surface area (Å²) in [6.45, 7) is 8.09. The summed E-state index contributed by atoms with van der Waals surface area (Å²) in [6, 6.07) is 11.8. The predicted molar refractivity (Wildman–Crippen MR) is 127 cm³/mol. The number of nitrogens with zero attached hydrogens (tertiary/aromatic N) is 4. The molecule has 1 aromatic heterocycles. The van der Waals surface area contributed by atoms with Crippen molar-refractivity contribution in [2.45, 2.75) is 77.0 Å². The molecule has 1 aromatic carbocycles. The highest BCUT2D eigenvalue weighted by atomic mass is 16.2. The second-order valence-electron chi connectivity index (χ2n) is 9.73. The first kappa shape index (κ1) is 21.7. The first-order valence-electron chi connectivity index (χ1n) is 12.6. The first-order chi connectivity index (χ1) is 15.7. The largest absolute Gasteiger partial charge is 0.337 e.